The molecule has 5 N–H and O–H groups in total. The van der Waals surface area contributed by atoms with Crippen molar-refractivity contribution < 1.29 is 4.79 Å². The summed E-state index contributed by atoms with van der Waals surface area (Å²) in [6.45, 7) is 0. The van der Waals surface area contributed by atoms with E-state index in [1.165, 1.54) is 0 Å². The number of nitrogens with zero attached hydrogens (tertiary/aromatic N) is 5. The Morgan fingerprint density at radius 2 is 2.50 bits per heavy atom. The van der Waals surface area contributed by atoms with Crippen molar-refractivity contribution in [3.8, 4) is 0 Å². The number of carbonyl (C=O) groups is 1. The number of amides is 2. The highest BCUT2D eigenvalue weighted by Gasteiger charge is 1.91. The topological polar surface area (TPSA) is 146 Å². The molecule has 0 aliphatic carbocycles. The van der Waals surface area contributed by atoms with E-state index in [0.29, 0.717) is 0 Å². The van der Waals surface area contributed by atoms with Gasteiger partial charge in [-0.25, -0.2) is 10.2 Å². The molecule has 0 bridgehead atoms. The van der Waals surface area contributed by atoms with Crippen molar-refractivity contribution in [3.05, 3.63) is 0 Å². The molecule has 10 nitrogen and oxygen atoms in total. The largest absolute Gasteiger partial charge is 0.350 e. The number of hydrazine groups is 1. The fourth-order valence-corrected chi connectivity index (χ4v) is 0.349. The van der Waals surface area contributed by atoms with Crippen LogP contribution in [-0.2, 0) is 0 Å². The third kappa shape index (κ3) is 2.55. The van der Waals surface area contributed by atoms with Crippen molar-refractivity contribution in [2.75, 3.05) is 0 Å². The van der Waals surface area contributed by atoms with Crippen LogP contribution in [0.2, 0.25) is 0 Å². The monoisotopic (exact) mass is 171 g/mol. The van der Waals surface area contributed by atoms with Gasteiger partial charge in [0.1, 0.15) is 0 Å². The Balaban J connectivity index is 2.27. The molecule has 1 aromatic heterocycles. The van der Waals surface area contributed by atoms with E-state index in [0.717, 1.165) is 0 Å². The molecule has 10 heteroatoms. The zero-order valence-corrected chi connectivity index (χ0v) is 5.72. The first-order chi connectivity index (χ1) is 5.79. The van der Waals surface area contributed by atoms with E-state index in [9.17, 15) is 4.79 Å². The van der Waals surface area contributed by atoms with E-state index < -0.39 is 6.03 Å². The molecule has 0 radical (unpaired) electrons. The maximum Gasteiger partial charge on any atom is 0.332 e. The first-order valence-electron chi connectivity index (χ1n) is 2.73. The lowest BCUT2D eigenvalue weighted by Crippen LogP contribution is -2.37. The number of aromatic amines is 1. The van der Waals surface area contributed by atoms with Crippen LogP contribution < -0.4 is 16.7 Å². The number of primary amides is 1. The molecule has 0 saturated carbocycles. The highest BCUT2D eigenvalue weighted by atomic mass is 16.2. The highest BCUT2D eigenvalue weighted by Crippen LogP contribution is 1.94. The Morgan fingerprint density at radius 3 is 3.08 bits per heavy atom. The maximum atomic E-state index is 10.1. The van der Waals surface area contributed by atoms with E-state index in [2.05, 4.69) is 36.7 Å². The van der Waals surface area contributed by atoms with Crippen molar-refractivity contribution in [1.82, 2.24) is 31.6 Å². The van der Waals surface area contributed by atoms with Gasteiger partial charge in [-0.3, -0.25) is 0 Å². The average Bonchev–Trinajstić information content (AvgIpc) is 2.49. The molecular formula is C2H5N9O. The number of carbonyl (C=O) groups excluding carboxylic acids is 1. The molecule has 0 fully saturated rings. The zero-order valence-electron chi connectivity index (χ0n) is 5.72. The molecule has 12 heavy (non-hydrogen) atoms. The second-order valence-corrected chi connectivity index (χ2v) is 1.51. The van der Waals surface area contributed by atoms with Crippen LogP contribution in [0.25, 0.3) is 0 Å². The summed E-state index contributed by atoms with van der Waals surface area (Å²) in [4.78, 5) is 10.1. The summed E-state index contributed by atoms with van der Waals surface area (Å²) in [6, 6.07) is -0.776. The average molecular weight is 171 g/mol. The van der Waals surface area contributed by atoms with Crippen molar-refractivity contribution in [2.45, 2.75) is 0 Å². The minimum atomic E-state index is -0.776. The van der Waals surface area contributed by atoms with Gasteiger partial charge in [-0.15, -0.1) is 5.10 Å². The fourth-order valence-electron chi connectivity index (χ4n) is 0.349. The normalized spacial score (nSPS) is 10.0. The van der Waals surface area contributed by atoms with Crippen LogP contribution in [-0.4, -0.2) is 26.7 Å². The molecule has 0 spiro atoms. The highest BCUT2D eigenvalue weighted by molar-refractivity contribution is 5.70. The quantitative estimate of drug-likeness (QED) is 0.318. The molecule has 0 aliphatic heterocycles. The van der Waals surface area contributed by atoms with Crippen LogP contribution >= 0.6 is 0 Å². The van der Waals surface area contributed by atoms with Gasteiger partial charge in [-0.2, -0.15) is 10.7 Å². The minimum absolute atomic E-state index is 0.0359. The van der Waals surface area contributed by atoms with E-state index in [1.807, 2.05) is 11.0 Å². The molecule has 1 heterocycles. The molecule has 0 aromatic carbocycles. The molecule has 1 aromatic rings. The van der Waals surface area contributed by atoms with E-state index in [1.54, 1.807) is 0 Å². The third-order valence-corrected chi connectivity index (χ3v) is 0.703. The molecule has 1 rings (SSSR count). The number of urea groups is 1. The second-order valence-electron chi connectivity index (χ2n) is 1.51. The minimum Gasteiger partial charge on any atom is -0.350 e. The lowest BCUT2D eigenvalue weighted by atomic mass is 11.1. The molecule has 0 aliphatic rings. The van der Waals surface area contributed by atoms with Crippen molar-refractivity contribution in [2.24, 2.45) is 16.1 Å². The van der Waals surface area contributed by atoms with Gasteiger partial charge in [0.2, 0.25) is 0 Å². The van der Waals surface area contributed by atoms with Gasteiger partial charge in [0.25, 0.3) is 0 Å². The number of nitrogens with two attached hydrogens (primary N) is 1. The van der Waals surface area contributed by atoms with Crippen LogP contribution in [0.5, 0.6) is 0 Å². The van der Waals surface area contributed by atoms with Crippen LogP contribution in [0, 0.1) is 0 Å². The summed E-state index contributed by atoms with van der Waals surface area (Å²) in [5, 5.41) is 18.8. The predicted molar refractivity (Wildman–Crippen MR) is 34.5 cm³/mol. The van der Waals surface area contributed by atoms with Crippen LogP contribution in [0.1, 0.15) is 0 Å². The van der Waals surface area contributed by atoms with Crippen LogP contribution in [0.4, 0.5) is 10.7 Å². The van der Waals surface area contributed by atoms with Crippen molar-refractivity contribution >= 4 is 12.0 Å². The molecular weight excluding hydrogens is 166 g/mol. The van der Waals surface area contributed by atoms with Crippen LogP contribution in [0.15, 0.2) is 10.3 Å². The summed E-state index contributed by atoms with van der Waals surface area (Å²) >= 11 is 0. The third-order valence-electron chi connectivity index (χ3n) is 0.703. The molecule has 2 amide bonds. The maximum absolute atomic E-state index is 10.1. The van der Waals surface area contributed by atoms with Gasteiger partial charge in [-0.05, 0) is 10.4 Å². The Labute approximate surface area is 65.6 Å². The molecule has 0 atom stereocenters. The Kier molecular flexibility index (Phi) is 2.48. The fraction of sp³-hybridized carbons (Fsp3) is 0. The van der Waals surface area contributed by atoms with Gasteiger partial charge in [0, 0.05) is 0 Å². The lowest BCUT2D eigenvalue weighted by Gasteiger charge is -1.93. The second kappa shape index (κ2) is 3.80. The predicted octanol–water partition coefficient (Wildman–Crippen LogP) is -1.63. The molecule has 0 saturated heterocycles. The van der Waals surface area contributed by atoms with Crippen LogP contribution in [0.3, 0.4) is 0 Å². The Bertz CT molecular complexity index is 262. The lowest BCUT2D eigenvalue weighted by molar-refractivity contribution is 0.244. The van der Waals surface area contributed by atoms with Gasteiger partial charge in [0.15, 0.2) is 0 Å². The van der Waals surface area contributed by atoms with Gasteiger partial charge >= 0.3 is 12.0 Å². The summed E-state index contributed by atoms with van der Waals surface area (Å²) < 4.78 is 0. The summed E-state index contributed by atoms with van der Waals surface area (Å²) in [5.74, 6) is 0.0359. The first-order valence-corrected chi connectivity index (χ1v) is 2.73. The van der Waals surface area contributed by atoms with Gasteiger partial charge < -0.3 is 5.73 Å². The first kappa shape index (κ1) is 7.84. The standard InChI is InChI=1S/C2H5N9O/c3-1(12)4-8-9-5-2-6-10-11-7-2/h(H3,3,4,9,12)(H2,5,6,7,8,10,11). The van der Waals surface area contributed by atoms with E-state index >= 15 is 0 Å². The number of hydrogen-bond acceptors (Lipinski definition) is 6. The molecule has 64 valence electrons. The van der Waals surface area contributed by atoms with Crippen molar-refractivity contribution in [1.29, 1.82) is 0 Å². The van der Waals surface area contributed by atoms with E-state index in [-0.39, 0.29) is 5.95 Å². The number of tetrazole rings is 1. The smallest absolute Gasteiger partial charge is 0.332 e. The Hall–Kier alpha value is -2.26. The Morgan fingerprint density at radius 1 is 1.67 bits per heavy atom. The molecule has 0 unspecified atom stereocenters. The van der Waals surface area contributed by atoms with Gasteiger partial charge in [0.05, 0.1) is 0 Å². The number of rotatable bonds is 3. The van der Waals surface area contributed by atoms with Crippen molar-refractivity contribution in [3.63, 3.8) is 0 Å². The zero-order chi connectivity index (χ0) is 8.81. The SMILES string of the molecule is NC(=O)NN/N=N/c1nn[nH]n1. The number of H-pyrrole nitrogens is 1. The number of aromatic nitrogens is 4. The summed E-state index contributed by atoms with van der Waals surface area (Å²) in [7, 11) is 0. The number of nitrogens with one attached hydrogen (secondary N) is 3. The van der Waals surface area contributed by atoms with E-state index in [4.69, 9.17) is 0 Å². The number of hydrogen-bond donors (Lipinski definition) is 4. The summed E-state index contributed by atoms with van der Waals surface area (Å²) in [6.07, 6.45) is 0. The van der Waals surface area contributed by atoms with Gasteiger partial charge in [-0.1, -0.05) is 10.2 Å². The summed E-state index contributed by atoms with van der Waals surface area (Å²) in [5.41, 5.74) is 8.67.